The number of halogens is 1. The third kappa shape index (κ3) is 5.06. The summed E-state index contributed by atoms with van der Waals surface area (Å²) in [4.78, 5) is 2.17. The van der Waals surface area contributed by atoms with Crippen molar-refractivity contribution in [2.75, 3.05) is 27.3 Å². The van der Waals surface area contributed by atoms with Crippen LogP contribution in [0, 0.1) is 0 Å². The van der Waals surface area contributed by atoms with Crippen molar-refractivity contribution in [3.05, 3.63) is 34.3 Å². The lowest BCUT2D eigenvalue weighted by atomic mass is 10.1. The summed E-state index contributed by atoms with van der Waals surface area (Å²) < 4.78 is 5.02. The smallest absolute Gasteiger partial charge is 0.170 e. The molecule has 0 saturated heterocycles. The van der Waals surface area contributed by atoms with E-state index in [0.717, 1.165) is 31.7 Å². The highest BCUT2D eigenvalue weighted by Gasteiger charge is 2.07. The molecule has 0 bridgehead atoms. The van der Waals surface area contributed by atoms with E-state index in [1.165, 1.54) is 0 Å². The average Bonchev–Trinajstić information content (AvgIpc) is 2.40. The third-order valence-corrected chi connectivity index (χ3v) is 3.14. The molecule has 3 N–H and O–H groups in total. The Hall–Kier alpha value is -1.30. The van der Waals surface area contributed by atoms with Gasteiger partial charge in [-0.05, 0) is 25.1 Å². The quantitative estimate of drug-likeness (QED) is 0.264. The van der Waals surface area contributed by atoms with Crippen molar-refractivity contribution in [2.24, 2.45) is 10.9 Å². The molecule has 19 heavy (non-hydrogen) atoms. The molecule has 106 valence electrons. The predicted molar refractivity (Wildman–Crippen MR) is 76.8 cm³/mol. The fraction of sp³-hybridized carbons (Fsp3) is 0.462. The first kappa shape index (κ1) is 15.8. The standard InChI is InChI=1S/C13H20ClN3O2/c1-17(6-3-7-19-2)9-11-5-4-10(8-12(11)14)13(15)16-18/h4-5,8,18H,3,6-7,9H2,1-2H3,(H2,15,16). The number of ether oxygens (including phenoxy) is 1. The first-order valence-electron chi connectivity index (χ1n) is 6.02. The maximum absolute atomic E-state index is 8.61. The number of hydrogen-bond acceptors (Lipinski definition) is 4. The number of oxime groups is 1. The fourth-order valence-corrected chi connectivity index (χ4v) is 1.98. The van der Waals surface area contributed by atoms with Crippen molar-refractivity contribution >= 4 is 17.4 Å². The molecular weight excluding hydrogens is 266 g/mol. The van der Waals surface area contributed by atoms with Gasteiger partial charge in [-0.25, -0.2) is 0 Å². The highest BCUT2D eigenvalue weighted by molar-refractivity contribution is 6.31. The van der Waals surface area contributed by atoms with Crippen molar-refractivity contribution in [3.63, 3.8) is 0 Å². The van der Waals surface area contributed by atoms with E-state index in [-0.39, 0.29) is 5.84 Å². The van der Waals surface area contributed by atoms with Gasteiger partial charge in [0.15, 0.2) is 5.84 Å². The van der Waals surface area contributed by atoms with Crippen LogP contribution >= 0.6 is 11.6 Å². The van der Waals surface area contributed by atoms with Crippen molar-refractivity contribution in [1.29, 1.82) is 0 Å². The molecule has 0 aliphatic carbocycles. The highest BCUT2D eigenvalue weighted by Crippen LogP contribution is 2.19. The van der Waals surface area contributed by atoms with Gasteiger partial charge in [0, 0.05) is 37.4 Å². The number of rotatable bonds is 7. The van der Waals surface area contributed by atoms with Gasteiger partial charge >= 0.3 is 0 Å². The van der Waals surface area contributed by atoms with Gasteiger partial charge in [0.1, 0.15) is 0 Å². The van der Waals surface area contributed by atoms with Crippen LogP contribution in [0.1, 0.15) is 17.5 Å². The van der Waals surface area contributed by atoms with E-state index in [1.54, 1.807) is 19.2 Å². The van der Waals surface area contributed by atoms with Crippen molar-refractivity contribution in [2.45, 2.75) is 13.0 Å². The molecule has 0 amide bonds. The summed E-state index contributed by atoms with van der Waals surface area (Å²) >= 11 is 6.19. The van der Waals surface area contributed by atoms with E-state index in [2.05, 4.69) is 10.1 Å². The maximum Gasteiger partial charge on any atom is 0.170 e. The predicted octanol–water partition coefficient (Wildman–Crippen LogP) is 1.90. The van der Waals surface area contributed by atoms with Gasteiger partial charge in [-0.1, -0.05) is 28.9 Å². The van der Waals surface area contributed by atoms with Gasteiger partial charge in [-0.2, -0.15) is 0 Å². The summed E-state index contributed by atoms with van der Waals surface area (Å²) in [5.74, 6) is 0.0573. The summed E-state index contributed by atoms with van der Waals surface area (Å²) in [6.07, 6.45) is 0.979. The second kappa shape index (κ2) is 7.99. The van der Waals surface area contributed by atoms with Crippen LogP contribution in [0.2, 0.25) is 5.02 Å². The van der Waals surface area contributed by atoms with Crippen molar-refractivity contribution < 1.29 is 9.94 Å². The van der Waals surface area contributed by atoms with Crippen molar-refractivity contribution in [3.8, 4) is 0 Å². The molecular formula is C13H20ClN3O2. The molecule has 0 radical (unpaired) electrons. The Morgan fingerprint density at radius 2 is 2.26 bits per heavy atom. The number of hydrogen-bond donors (Lipinski definition) is 2. The van der Waals surface area contributed by atoms with Crippen LogP contribution < -0.4 is 5.73 Å². The molecule has 1 rings (SSSR count). The monoisotopic (exact) mass is 285 g/mol. The Morgan fingerprint density at radius 1 is 1.53 bits per heavy atom. The molecule has 1 aromatic rings. The lowest BCUT2D eigenvalue weighted by Gasteiger charge is -2.17. The molecule has 1 aromatic carbocycles. The SMILES string of the molecule is COCCCN(C)Cc1ccc(/C(N)=N/O)cc1Cl. The summed E-state index contributed by atoms with van der Waals surface area (Å²) in [5, 5.41) is 12.2. The van der Waals surface area contributed by atoms with Crippen LogP contribution in [0.15, 0.2) is 23.4 Å². The Labute approximate surface area is 118 Å². The lowest BCUT2D eigenvalue weighted by molar-refractivity contribution is 0.178. The van der Waals surface area contributed by atoms with E-state index in [4.69, 9.17) is 27.3 Å². The van der Waals surface area contributed by atoms with Crippen LogP contribution in [0.4, 0.5) is 0 Å². The molecule has 0 aliphatic heterocycles. The Bertz CT molecular complexity index is 438. The zero-order valence-electron chi connectivity index (χ0n) is 11.3. The first-order valence-corrected chi connectivity index (χ1v) is 6.40. The van der Waals surface area contributed by atoms with Crippen LogP contribution in [0.3, 0.4) is 0 Å². The van der Waals surface area contributed by atoms with E-state index in [0.29, 0.717) is 10.6 Å². The lowest BCUT2D eigenvalue weighted by Crippen LogP contribution is -2.20. The van der Waals surface area contributed by atoms with E-state index < -0.39 is 0 Å². The van der Waals surface area contributed by atoms with Crippen LogP contribution in [-0.4, -0.2) is 43.3 Å². The Kier molecular flexibility index (Phi) is 6.62. The molecule has 5 nitrogen and oxygen atoms in total. The van der Waals surface area contributed by atoms with Crippen molar-refractivity contribution in [1.82, 2.24) is 4.90 Å². The van der Waals surface area contributed by atoms with E-state index >= 15 is 0 Å². The zero-order valence-corrected chi connectivity index (χ0v) is 12.0. The number of benzene rings is 1. The largest absolute Gasteiger partial charge is 0.409 e. The second-order valence-electron chi connectivity index (χ2n) is 4.38. The minimum Gasteiger partial charge on any atom is -0.409 e. The molecule has 0 unspecified atom stereocenters. The van der Waals surface area contributed by atoms with Gasteiger partial charge < -0.3 is 20.6 Å². The topological polar surface area (TPSA) is 71.1 Å². The zero-order chi connectivity index (χ0) is 14.3. The number of amidine groups is 1. The van der Waals surface area contributed by atoms with Crippen LogP contribution in [-0.2, 0) is 11.3 Å². The number of methoxy groups -OCH3 is 1. The molecule has 0 atom stereocenters. The summed E-state index contributed by atoms with van der Waals surface area (Å²) in [6, 6.07) is 5.39. The Balaban J connectivity index is 2.64. The summed E-state index contributed by atoms with van der Waals surface area (Å²) in [5.41, 5.74) is 7.13. The fourth-order valence-electron chi connectivity index (χ4n) is 1.74. The minimum atomic E-state index is 0.0573. The van der Waals surface area contributed by atoms with Gasteiger partial charge in [-0.3, -0.25) is 0 Å². The molecule has 0 fully saturated rings. The molecule has 0 saturated carbocycles. The second-order valence-corrected chi connectivity index (χ2v) is 4.78. The molecule has 6 heteroatoms. The van der Waals surface area contributed by atoms with E-state index in [9.17, 15) is 0 Å². The summed E-state index contributed by atoms with van der Waals surface area (Å²) in [6.45, 7) is 2.44. The molecule has 0 spiro atoms. The third-order valence-electron chi connectivity index (χ3n) is 2.79. The van der Waals surface area contributed by atoms with Crippen LogP contribution in [0.25, 0.3) is 0 Å². The molecule has 0 aliphatic rings. The maximum atomic E-state index is 8.61. The average molecular weight is 286 g/mol. The number of nitrogens with two attached hydrogens (primary N) is 1. The van der Waals surface area contributed by atoms with Gasteiger partial charge in [0.05, 0.1) is 0 Å². The van der Waals surface area contributed by atoms with Gasteiger partial charge in [0.2, 0.25) is 0 Å². The first-order chi connectivity index (χ1) is 9.08. The number of nitrogens with zero attached hydrogens (tertiary/aromatic N) is 2. The molecule has 0 heterocycles. The van der Waals surface area contributed by atoms with E-state index in [1.807, 2.05) is 13.1 Å². The molecule has 0 aromatic heterocycles. The normalized spacial score (nSPS) is 12.1. The highest BCUT2D eigenvalue weighted by atomic mass is 35.5. The van der Waals surface area contributed by atoms with Gasteiger partial charge in [-0.15, -0.1) is 0 Å². The van der Waals surface area contributed by atoms with Gasteiger partial charge in [0.25, 0.3) is 0 Å². The Morgan fingerprint density at radius 3 is 2.84 bits per heavy atom. The summed E-state index contributed by atoms with van der Waals surface area (Å²) in [7, 11) is 3.73. The van der Waals surface area contributed by atoms with Crippen LogP contribution in [0.5, 0.6) is 0 Å². The minimum absolute atomic E-state index is 0.0573.